The third kappa shape index (κ3) is 4.98. The number of nitrogens with zero attached hydrogens (tertiary/aromatic N) is 1. The van der Waals surface area contributed by atoms with Crippen LogP contribution in [0.15, 0.2) is 48.8 Å². The maximum Gasteiger partial charge on any atom is 0.221 e. The van der Waals surface area contributed by atoms with Crippen LogP contribution in [0.4, 0.5) is 5.69 Å². The molecule has 2 aromatic rings. The first-order valence-electron chi connectivity index (χ1n) is 6.80. The smallest absolute Gasteiger partial charge is 0.221 e. The van der Waals surface area contributed by atoms with E-state index in [-0.39, 0.29) is 5.91 Å². The largest absolute Gasteiger partial charge is 0.387 e. The van der Waals surface area contributed by atoms with Gasteiger partial charge in [0.25, 0.3) is 0 Å². The molecule has 0 spiro atoms. The van der Waals surface area contributed by atoms with Gasteiger partial charge in [0.15, 0.2) is 0 Å². The van der Waals surface area contributed by atoms with Crippen molar-refractivity contribution >= 4 is 11.6 Å². The number of pyridine rings is 1. The molecule has 0 saturated heterocycles. The van der Waals surface area contributed by atoms with Crippen molar-refractivity contribution in [2.45, 2.75) is 19.6 Å². The maximum atomic E-state index is 10.9. The van der Waals surface area contributed by atoms with Crippen LogP contribution >= 0.6 is 0 Å². The number of amides is 1. The monoisotopic (exact) mass is 285 g/mol. The summed E-state index contributed by atoms with van der Waals surface area (Å²) in [6.45, 7) is 2.61. The van der Waals surface area contributed by atoms with Crippen LogP contribution in [0.2, 0.25) is 0 Å². The van der Waals surface area contributed by atoms with Crippen LogP contribution in [0.3, 0.4) is 0 Å². The fourth-order valence-electron chi connectivity index (χ4n) is 1.97. The van der Waals surface area contributed by atoms with Gasteiger partial charge in [0, 0.05) is 38.1 Å². The predicted octanol–water partition coefficient (Wildman–Crippen LogP) is 1.86. The van der Waals surface area contributed by atoms with Gasteiger partial charge < -0.3 is 15.7 Å². The van der Waals surface area contributed by atoms with Gasteiger partial charge in [-0.1, -0.05) is 12.1 Å². The molecule has 0 aliphatic carbocycles. The lowest BCUT2D eigenvalue weighted by Crippen LogP contribution is -2.21. The lowest BCUT2D eigenvalue weighted by atomic mass is 10.1. The SMILES string of the molecule is CC(=O)Nc1ccc(CNCC(O)c2ccncc2)cc1. The highest BCUT2D eigenvalue weighted by Gasteiger charge is 2.06. The van der Waals surface area contributed by atoms with Gasteiger partial charge in [-0.2, -0.15) is 0 Å². The lowest BCUT2D eigenvalue weighted by Gasteiger charge is -2.12. The minimum atomic E-state index is -0.549. The van der Waals surface area contributed by atoms with E-state index in [1.807, 2.05) is 24.3 Å². The third-order valence-electron chi connectivity index (χ3n) is 3.03. The summed E-state index contributed by atoms with van der Waals surface area (Å²) in [5.74, 6) is -0.0821. The number of nitrogens with one attached hydrogen (secondary N) is 2. The molecule has 0 radical (unpaired) electrons. The van der Waals surface area contributed by atoms with Gasteiger partial charge in [-0.3, -0.25) is 9.78 Å². The number of aromatic nitrogens is 1. The van der Waals surface area contributed by atoms with Crippen molar-refractivity contribution in [3.8, 4) is 0 Å². The normalized spacial score (nSPS) is 11.9. The molecule has 1 atom stereocenters. The Morgan fingerprint density at radius 1 is 1.19 bits per heavy atom. The second-order valence-electron chi connectivity index (χ2n) is 4.81. The second-order valence-corrected chi connectivity index (χ2v) is 4.81. The minimum absolute atomic E-state index is 0.0821. The fraction of sp³-hybridized carbons (Fsp3) is 0.250. The molecule has 5 heteroatoms. The van der Waals surface area contributed by atoms with E-state index in [9.17, 15) is 9.90 Å². The van der Waals surface area contributed by atoms with Crippen LogP contribution in [0.25, 0.3) is 0 Å². The molecule has 1 aromatic heterocycles. The third-order valence-corrected chi connectivity index (χ3v) is 3.03. The van der Waals surface area contributed by atoms with Gasteiger partial charge in [-0.05, 0) is 35.4 Å². The van der Waals surface area contributed by atoms with Crippen LogP contribution in [0.5, 0.6) is 0 Å². The molecule has 0 aliphatic rings. The quantitative estimate of drug-likeness (QED) is 0.757. The predicted molar refractivity (Wildman–Crippen MR) is 81.6 cm³/mol. The fourth-order valence-corrected chi connectivity index (χ4v) is 1.97. The molecule has 0 saturated carbocycles. The highest BCUT2D eigenvalue weighted by Crippen LogP contribution is 2.11. The number of hydrogen-bond acceptors (Lipinski definition) is 4. The molecule has 0 aliphatic heterocycles. The molecule has 0 fully saturated rings. The molecule has 1 unspecified atom stereocenters. The number of carbonyl (C=O) groups excluding carboxylic acids is 1. The van der Waals surface area contributed by atoms with Crippen LogP contribution in [-0.2, 0) is 11.3 Å². The number of anilines is 1. The highest BCUT2D eigenvalue weighted by molar-refractivity contribution is 5.88. The highest BCUT2D eigenvalue weighted by atomic mass is 16.3. The summed E-state index contributed by atoms with van der Waals surface area (Å²) in [6, 6.07) is 11.2. The molecule has 0 bridgehead atoms. The summed E-state index contributed by atoms with van der Waals surface area (Å²) in [6.07, 6.45) is 2.78. The maximum absolute atomic E-state index is 10.9. The standard InChI is InChI=1S/C16H19N3O2/c1-12(20)19-15-4-2-13(3-5-15)10-18-11-16(21)14-6-8-17-9-7-14/h2-9,16,18,21H,10-11H2,1H3,(H,19,20). The molecule has 5 nitrogen and oxygen atoms in total. The summed E-state index contributed by atoms with van der Waals surface area (Å²) >= 11 is 0. The Morgan fingerprint density at radius 2 is 1.86 bits per heavy atom. The molecule has 110 valence electrons. The van der Waals surface area contributed by atoms with Crippen molar-refractivity contribution in [2.24, 2.45) is 0 Å². The Kier molecular flexibility index (Phi) is 5.43. The first-order chi connectivity index (χ1) is 10.1. The number of hydrogen-bond donors (Lipinski definition) is 3. The van der Waals surface area contributed by atoms with Crippen LogP contribution in [0.1, 0.15) is 24.2 Å². The average molecular weight is 285 g/mol. The molecular weight excluding hydrogens is 266 g/mol. The first kappa shape index (κ1) is 15.2. The van der Waals surface area contributed by atoms with E-state index in [1.54, 1.807) is 24.5 Å². The van der Waals surface area contributed by atoms with Gasteiger partial charge >= 0.3 is 0 Å². The number of aliphatic hydroxyl groups excluding tert-OH is 1. The topological polar surface area (TPSA) is 74.2 Å². The van der Waals surface area contributed by atoms with E-state index in [4.69, 9.17) is 0 Å². The summed E-state index contributed by atoms with van der Waals surface area (Å²) in [7, 11) is 0. The van der Waals surface area contributed by atoms with Gasteiger partial charge in [0.05, 0.1) is 6.10 Å². The number of rotatable bonds is 6. The van der Waals surface area contributed by atoms with E-state index < -0.39 is 6.10 Å². The second kappa shape index (κ2) is 7.52. The lowest BCUT2D eigenvalue weighted by molar-refractivity contribution is -0.114. The Morgan fingerprint density at radius 3 is 2.48 bits per heavy atom. The minimum Gasteiger partial charge on any atom is -0.387 e. The van der Waals surface area contributed by atoms with Crippen molar-refractivity contribution < 1.29 is 9.90 Å². The Labute approximate surface area is 124 Å². The number of carbonyl (C=O) groups is 1. The zero-order chi connectivity index (χ0) is 15.1. The Bertz CT molecular complexity index is 570. The van der Waals surface area contributed by atoms with Gasteiger partial charge in [0.1, 0.15) is 0 Å². The molecule has 1 heterocycles. The molecule has 3 N–H and O–H groups in total. The van der Waals surface area contributed by atoms with Gasteiger partial charge in [-0.15, -0.1) is 0 Å². The van der Waals surface area contributed by atoms with Crippen molar-refractivity contribution in [3.05, 3.63) is 59.9 Å². The Hall–Kier alpha value is -2.24. The van der Waals surface area contributed by atoms with Crippen molar-refractivity contribution in [1.82, 2.24) is 10.3 Å². The van der Waals surface area contributed by atoms with Crippen LogP contribution < -0.4 is 10.6 Å². The van der Waals surface area contributed by atoms with Gasteiger partial charge in [-0.25, -0.2) is 0 Å². The number of aliphatic hydroxyl groups is 1. The molecule has 2 rings (SSSR count). The molecular formula is C16H19N3O2. The zero-order valence-electron chi connectivity index (χ0n) is 11.9. The molecule has 1 aromatic carbocycles. The summed E-state index contributed by atoms with van der Waals surface area (Å²) < 4.78 is 0. The molecule has 1 amide bonds. The van der Waals surface area contributed by atoms with E-state index in [0.29, 0.717) is 13.1 Å². The van der Waals surface area contributed by atoms with E-state index in [0.717, 1.165) is 16.8 Å². The van der Waals surface area contributed by atoms with E-state index >= 15 is 0 Å². The van der Waals surface area contributed by atoms with Crippen LogP contribution in [0, 0.1) is 0 Å². The van der Waals surface area contributed by atoms with Crippen molar-refractivity contribution in [2.75, 3.05) is 11.9 Å². The van der Waals surface area contributed by atoms with Crippen molar-refractivity contribution in [3.63, 3.8) is 0 Å². The summed E-state index contributed by atoms with van der Waals surface area (Å²) in [5.41, 5.74) is 2.72. The summed E-state index contributed by atoms with van der Waals surface area (Å²) in [4.78, 5) is 14.8. The Balaban J connectivity index is 1.79. The molecule has 21 heavy (non-hydrogen) atoms. The summed E-state index contributed by atoms with van der Waals surface area (Å²) in [5, 5.41) is 15.9. The average Bonchev–Trinajstić information content (AvgIpc) is 2.49. The van der Waals surface area contributed by atoms with Crippen molar-refractivity contribution in [1.29, 1.82) is 0 Å². The first-order valence-corrected chi connectivity index (χ1v) is 6.80. The van der Waals surface area contributed by atoms with E-state index in [2.05, 4.69) is 15.6 Å². The number of benzene rings is 1. The van der Waals surface area contributed by atoms with Gasteiger partial charge in [0.2, 0.25) is 5.91 Å². The zero-order valence-corrected chi connectivity index (χ0v) is 11.9. The van der Waals surface area contributed by atoms with E-state index in [1.165, 1.54) is 6.92 Å². The van der Waals surface area contributed by atoms with Crippen LogP contribution in [-0.4, -0.2) is 22.5 Å².